The Labute approximate surface area is 143 Å². The van der Waals surface area contributed by atoms with Crippen molar-refractivity contribution >= 4 is 28.6 Å². The van der Waals surface area contributed by atoms with E-state index in [0.717, 1.165) is 28.4 Å². The molecule has 0 aliphatic rings. The maximum Gasteiger partial charge on any atom is 0.154 e. The first-order chi connectivity index (χ1) is 11.9. The molecule has 0 aliphatic heterocycles. The molecule has 0 aliphatic carbocycles. The second-order valence-corrected chi connectivity index (χ2v) is 6.05. The normalized spacial score (nSPS) is 10.3. The molecule has 2 aromatic heterocycles. The summed E-state index contributed by atoms with van der Waals surface area (Å²) in [4.78, 5) is 11.6. The van der Waals surface area contributed by atoms with Crippen molar-refractivity contribution in [3.8, 4) is 23.2 Å². The van der Waals surface area contributed by atoms with Crippen LogP contribution in [-0.4, -0.2) is 6.29 Å². The van der Waals surface area contributed by atoms with Gasteiger partial charge in [0.25, 0.3) is 0 Å². The van der Waals surface area contributed by atoms with Crippen LogP contribution < -0.4 is 0 Å². The molecule has 4 aromatic rings. The minimum atomic E-state index is 0.565. The number of hydrogen-bond donors (Lipinski definition) is 0. The Balaban J connectivity index is 1.90. The predicted octanol–water partition coefficient (Wildman–Crippen LogP) is 5.37. The molecule has 0 saturated heterocycles. The maximum atomic E-state index is 11.6. The van der Waals surface area contributed by atoms with Gasteiger partial charge in [-0.25, -0.2) is 0 Å². The van der Waals surface area contributed by atoms with E-state index >= 15 is 0 Å². The summed E-state index contributed by atoms with van der Waals surface area (Å²) in [6.07, 6.45) is 0.851. The van der Waals surface area contributed by atoms with E-state index in [9.17, 15) is 4.79 Å². The molecule has 0 atom stereocenters. The highest BCUT2D eigenvalue weighted by Gasteiger charge is 2.16. The van der Waals surface area contributed by atoms with E-state index in [-0.39, 0.29) is 0 Å². The van der Waals surface area contributed by atoms with E-state index in [2.05, 4.69) is 11.8 Å². The van der Waals surface area contributed by atoms with Crippen LogP contribution in [0.15, 0.2) is 69.8 Å². The topological polar surface area (TPSA) is 30.2 Å². The van der Waals surface area contributed by atoms with Crippen molar-refractivity contribution in [2.75, 3.05) is 0 Å². The molecule has 0 fully saturated rings. The molecule has 0 spiro atoms. The number of thiophene rings is 1. The summed E-state index contributed by atoms with van der Waals surface area (Å²) in [6, 6.07) is 17.3. The zero-order chi connectivity index (χ0) is 16.4. The van der Waals surface area contributed by atoms with E-state index in [1.165, 1.54) is 0 Å². The SMILES string of the molecule is O=Cc1c(-c2ccccc2C#Cc2ccsc2)oc2ccccc12. The summed E-state index contributed by atoms with van der Waals surface area (Å²) in [5.74, 6) is 6.91. The molecule has 2 nitrogen and oxygen atoms in total. The Morgan fingerprint density at radius 2 is 1.79 bits per heavy atom. The Morgan fingerprint density at radius 1 is 0.958 bits per heavy atom. The second kappa shape index (κ2) is 6.19. The average Bonchev–Trinajstić information content (AvgIpc) is 3.27. The maximum absolute atomic E-state index is 11.6. The highest BCUT2D eigenvalue weighted by molar-refractivity contribution is 7.08. The highest BCUT2D eigenvalue weighted by Crippen LogP contribution is 2.34. The average molecular weight is 328 g/mol. The zero-order valence-corrected chi connectivity index (χ0v) is 13.5. The largest absolute Gasteiger partial charge is 0.455 e. The lowest BCUT2D eigenvalue weighted by atomic mass is 10.0. The minimum Gasteiger partial charge on any atom is -0.455 e. The van der Waals surface area contributed by atoms with Crippen LogP contribution in [0.25, 0.3) is 22.3 Å². The van der Waals surface area contributed by atoms with Crippen molar-refractivity contribution in [1.29, 1.82) is 0 Å². The van der Waals surface area contributed by atoms with Crippen LogP contribution in [0, 0.1) is 11.8 Å². The van der Waals surface area contributed by atoms with Gasteiger partial charge in [-0.2, -0.15) is 11.3 Å². The third kappa shape index (κ3) is 2.54. The summed E-state index contributed by atoms with van der Waals surface area (Å²) in [5.41, 5.74) is 3.92. The van der Waals surface area contributed by atoms with Gasteiger partial charge in [-0.1, -0.05) is 42.2 Å². The number of rotatable bonds is 2. The van der Waals surface area contributed by atoms with Crippen molar-refractivity contribution in [2.45, 2.75) is 0 Å². The van der Waals surface area contributed by atoms with E-state index in [4.69, 9.17) is 4.42 Å². The number of aldehydes is 1. The van der Waals surface area contributed by atoms with Crippen LogP contribution in [-0.2, 0) is 0 Å². The first-order valence-electron chi connectivity index (χ1n) is 7.47. The van der Waals surface area contributed by atoms with Crippen LogP contribution in [0.3, 0.4) is 0 Å². The van der Waals surface area contributed by atoms with Gasteiger partial charge >= 0.3 is 0 Å². The van der Waals surface area contributed by atoms with E-state index < -0.39 is 0 Å². The van der Waals surface area contributed by atoms with Crippen molar-refractivity contribution < 1.29 is 9.21 Å². The number of fused-ring (bicyclic) bond motifs is 1. The van der Waals surface area contributed by atoms with Crippen LogP contribution in [0.4, 0.5) is 0 Å². The first-order valence-corrected chi connectivity index (χ1v) is 8.41. The van der Waals surface area contributed by atoms with Crippen molar-refractivity contribution in [3.63, 3.8) is 0 Å². The highest BCUT2D eigenvalue weighted by atomic mass is 32.1. The van der Waals surface area contributed by atoms with Crippen LogP contribution in [0.1, 0.15) is 21.5 Å². The first kappa shape index (κ1) is 14.5. The Hall–Kier alpha value is -3.09. The van der Waals surface area contributed by atoms with Gasteiger partial charge in [-0.3, -0.25) is 4.79 Å². The third-order valence-corrected chi connectivity index (χ3v) is 4.47. The fraction of sp³-hybridized carbons (Fsp3) is 0. The summed E-state index contributed by atoms with van der Waals surface area (Å²) >= 11 is 1.62. The molecule has 0 radical (unpaired) electrons. The lowest BCUT2D eigenvalue weighted by molar-refractivity contribution is 0.112. The predicted molar refractivity (Wildman–Crippen MR) is 97.3 cm³/mol. The molecule has 114 valence electrons. The lowest BCUT2D eigenvalue weighted by Gasteiger charge is -2.02. The summed E-state index contributed by atoms with van der Waals surface area (Å²) in [6.45, 7) is 0. The van der Waals surface area contributed by atoms with Crippen LogP contribution >= 0.6 is 11.3 Å². The fourth-order valence-corrected chi connectivity index (χ4v) is 3.24. The number of carbonyl (C=O) groups is 1. The number of hydrogen-bond acceptors (Lipinski definition) is 3. The van der Waals surface area contributed by atoms with Gasteiger partial charge in [0.05, 0.1) is 5.56 Å². The lowest BCUT2D eigenvalue weighted by Crippen LogP contribution is -1.87. The molecule has 2 heterocycles. The van der Waals surface area contributed by atoms with Gasteiger partial charge in [0.2, 0.25) is 0 Å². The zero-order valence-electron chi connectivity index (χ0n) is 12.7. The Kier molecular flexibility index (Phi) is 3.74. The Bertz CT molecular complexity index is 1080. The van der Waals surface area contributed by atoms with E-state index in [0.29, 0.717) is 16.9 Å². The summed E-state index contributed by atoms with van der Waals surface area (Å²) in [5, 5.41) is 4.83. The third-order valence-electron chi connectivity index (χ3n) is 3.79. The van der Waals surface area contributed by atoms with Gasteiger partial charge in [-0.15, -0.1) is 0 Å². The van der Waals surface area contributed by atoms with Gasteiger partial charge < -0.3 is 4.42 Å². The smallest absolute Gasteiger partial charge is 0.154 e. The fourth-order valence-electron chi connectivity index (χ4n) is 2.65. The standard InChI is InChI=1S/C21H12O2S/c22-13-19-18-7-3-4-8-20(18)23-21(19)17-6-2-1-5-16(17)10-9-15-11-12-24-14-15/h1-8,11-14H. The molecule has 2 aromatic carbocycles. The molecule has 3 heteroatoms. The molecular formula is C21H12O2S. The summed E-state index contributed by atoms with van der Waals surface area (Å²) in [7, 11) is 0. The van der Waals surface area contributed by atoms with E-state index in [1.54, 1.807) is 11.3 Å². The van der Waals surface area contributed by atoms with Gasteiger partial charge in [-0.05, 0) is 29.6 Å². The molecule has 0 N–H and O–H groups in total. The van der Waals surface area contributed by atoms with Gasteiger partial charge in [0.1, 0.15) is 11.3 Å². The van der Waals surface area contributed by atoms with E-state index in [1.807, 2.05) is 65.4 Å². The molecule has 4 rings (SSSR count). The van der Waals surface area contributed by atoms with Crippen molar-refractivity contribution in [2.24, 2.45) is 0 Å². The monoisotopic (exact) mass is 328 g/mol. The van der Waals surface area contributed by atoms with Crippen LogP contribution in [0.2, 0.25) is 0 Å². The molecule has 0 amide bonds. The van der Waals surface area contributed by atoms with Crippen LogP contribution in [0.5, 0.6) is 0 Å². The molecule has 0 unspecified atom stereocenters. The second-order valence-electron chi connectivity index (χ2n) is 5.27. The number of para-hydroxylation sites is 1. The molecular weight excluding hydrogens is 316 g/mol. The number of benzene rings is 2. The number of carbonyl (C=O) groups excluding carboxylic acids is 1. The minimum absolute atomic E-state index is 0.565. The number of furan rings is 1. The quantitative estimate of drug-likeness (QED) is 0.365. The summed E-state index contributed by atoms with van der Waals surface area (Å²) < 4.78 is 5.96. The van der Waals surface area contributed by atoms with Crippen molar-refractivity contribution in [3.05, 3.63) is 82.0 Å². The molecule has 0 bridgehead atoms. The molecule has 0 saturated carbocycles. The Morgan fingerprint density at radius 3 is 2.62 bits per heavy atom. The van der Waals surface area contributed by atoms with Gasteiger partial charge in [0.15, 0.2) is 6.29 Å². The van der Waals surface area contributed by atoms with Crippen molar-refractivity contribution in [1.82, 2.24) is 0 Å². The van der Waals surface area contributed by atoms with Gasteiger partial charge in [0, 0.05) is 27.5 Å². The molecule has 24 heavy (non-hydrogen) atoms.